The van der Waals surface area contributed by atoms with Crippen molar-refractivity contribution in [2.24, 2.45) is 4.99 Å². The van der Waals surface area contributed by atoms with Crippen molar-refractivity contribution in [2.45, 2.75) is 31.5 Å². The highest BCUT2D eigenvalue weighted by Crippen LogP contribution is 2.30. The highest BCUT2D eigenvalue weighted by molar-refractivity contribution is 6.07. The molecule has 1 aromatic heterocycles. The first-order chi connectivity index (χ1) is 13.0. The molecule has 7 heteroatoms. The van der Waals surface area contributed by atoms with Crippen molar-refractivity contribution >= 4 is 11.9 Å². The first-order valence-electron chi connectivity index (χ1n) is 9.40. The summed E-state index contributed by atoms with van der Waals surface area (Å²) < 4.78 is 1.93. The third kappa shape index (κ3) is 3.73. The SMILES string of the molecule is CN(C)C1=NC2(CCN(Cc3cccc(Cn4cccn4)c3)CC2)C(=O)N1. The van der Waals surface area contributed by atoms with Gasteiger partial charge in [0, 0.05) is 46.1 Å². The van der Waals surface area contributed by atoms with Crippen LogP contribution in [0.25, 0.3) is 0 Å². The molecule has 1 aromatic carbocycles. The Morgan fingerprint density at radius 2 is 1.89 bits per heavy atom. The van der Waals surface area contributed by atoms with E-state index in [4.69, 9.17) is 4.99 Å². The molecule has 7 nitrogen and oxygen atoms in total. The number of carbonyl (C=O) groups excluding carboxylic acids is 1. The third-order valence-corrected chi connectivity index (χ3v) is 5.38. The van der Waals surface area contributed by atoms with Gasteiger partial charge < -0.3 is 4.90 Å². The molecule has 1 spiro atoms. The predicted octanol–water partition coefficient (Wildman–Crippen LogP) is 1.31. The Balaban J connectivity index is 1.38. The number of aromatic nitrogens is 2. The molecule has 2 aliphatic heterocycles. The molecule has 2 aromatic rings. The maximum Gasteiger partial charge on any atom is 0.254 e. The maximum absolute atomic E-state index is 12.4. The Hall–Kier alpha value is -2.67. The number of hydrogen-bond acceptors (Lipinski definition) is 5. The number of rotatable bonds is 4. The third-order valence-electron chi connectivity index (χ3n) is 5.38. The van der Waals surface area contributed by atoms with Crippen LogP contribution in [0.2, 0.25) is 0 Å². The van der Waals surface area contributed by atoms with Crippen LogP contribution in [0.1, 0.15) is 24.0 Å². The molecular weight excluding hydrogens is 340 g/mol. The molecule has 0 aliphatic carbocycles. The van der Waals surface area contributed by atoms with Crippen LogP contribution in [0, 0.1) is 0 Å². The largest absolute Gasteiger partial charge is 0.349 e. The zero-order chi connectivity index (χ0) is 18.9. The summed E-state index contributed by atoms with van der Waals surface area (Å²) in [6, 6.07) is 10.6. The van der Waals surface area contributed by atoms with Crippen molar-refractivity contribution in [1.82, 2.24) is 24.9 Å². The second kappa shape index (κ2) is 7.15. The van der Waals surface area contributed by atoms with E-state index in [1.165, 1.54) is 11.1 Å². The van der Waals surface area contributed by atoms with E-state index in [0.717, 1.165) is 39.0 Å². The first-order valence-corrected chi connectivity index (χ1v) is 9.40. The summed E-state index contributed by atoms with van der Waals surface area (Å²) in [5, 5.41) is 7.19. The van der Waals surface area contributed by atoms with Gasteiger partial charge in [0.1, 0.15) is 5.54 Å². The van der Waals surface area contributed by atoms with Gasteiger partial charge in [0.2, 0.25) is 5.96 Å². The second-order valence-corrected chi connectivity index (χ2v) is 7.62. The van der Waals surface area contributed by atoms with Gasteiger partial charge in [-0.05, 0) is 30.0 Å². The lowest BCUT2D eigenvalue weighted by atomic mass is 9.88. The molecule has 0 saturated carbocycles. The van der Waals surface area contributed by atoms with Crippen molar-refractivity contribution in [2.75, 3.05) is 27.2 Å². The Morgan fingerprint density at radius 3 is 2.52 bits per heavy atom. The number of nitrogens with one attached hydrogen (secondary N) is 1. The Morgan fingerprint density at radius 1 is 1.15 bits per heavy atom. The molecule has 0 atom stereocenters. The van der Waals surface area contributed by atoms with Gasteiger partial charge >= 0.3 is 0 Å². The van der Waals surface area contributed by atoms with Crippen LogP contribution >= 0.6 is 0 Å². The number of guanidine groups is 1. The number of carbonyl (C=O) groups is 1. The summed E-state index contributed by atoms with van der Waals surface area (Å²) in [4.78, 5) is 21.4. The van der Waals surface area contributed by atoms with Gasteiger partial charge in [-0.15, -0.1) is 0 Å². The molecule has 2 aliphatic rings. The minimum absolute atomic E-state index is 0.0482. The van der Waals surface area contributed by atoms with E-state index in [2.05, 4.69) is 39.6 Å². The summed E-state index contributed by atoms with van der Waals surface area (Å²) in [7, 11) is 3.81. The Kier molecular flexibility index (Phi) is 4.70. The van der Waals surface area contributed by atoms with Crippen molar-refractivity contribution in [1.29, 1.82) is 0 Å². The lowest BCUT2D eigenvalue weighted by molar-refractivity contribution is -0.125. The zero-order valence-corrected chi connectivity index (χ0v) is 15.9. The average Bonchev–Trinajstić information content (AvgIpc) is 3.26. The number of piperidine rings is 1. The fraction of sp³-hybridized carbons (Fsp3) is 0.450. The second-order valence-electron chi connectivity index (χ2n) is 7.62. The topological polar surface area (TPSA) is 65.8 Å². The number of benzene rings is 1. The Labute approximate surface area is 159 Å². The van der Waals surface area contributed by atoms with E-state index in [0.29, 0.717) is 5.96 Å². The van der Waals surface area contributed by atoms with Crippen LogP contribution in [0.5, 0.6) is 0 Å². The molecular formula is C20H26N6O. The van der Waals surface area contributed by atoms with Gasteiger partial charge in [-0.2, -0.15) is 5.10 Å². The number of likely N-dealkylation sites (tertiary alicyclic amines) is 1. The van der Waals surface area contributed by atoms with Crippen LogP contribution in [-0.4, -0.2) is 64.2 Å². The van der Waals surface area contributed by atoms with Gasteiger partial charge in [0.15, 0.2) is 0 Å². The molecule has 4 rings (SSSR count). The normalized spacial score (nSPS) is 19.2. The van der Waals surface area contributed by atoms with Gasteiger partial charge in [-0.25, -0.2) is 4.99 Å². The van der Waals surface area contributed by atoms with E-state index < -0.39 is 5.54 Å². The van der Waals surface area contributed by atoms with Crippen molar-refractivity contribution < 1.29 is 4.79 Å². The first kappa shape index (κ1) is 17.7. The van der Waals surface area contributed by atoms with Crippen molar-refractivity contribution in [3.05, 3.63) is 53.9 Å². The number of aliphatic imine (C=N–C) groups is 1. The number of hydrogen-bond donors (Lipinski definition) is 1. The summed E-state index contributed by atoms with van der Waals surface area (Å²) in [5.41, 5.74) is 1.97. The molecule has 0 unspecified atom stereocenters. The minimum atomic E-state index is -0.571. The van der Waals surface area contributed by atoms with E-state index in [1.54, 1.807) is 6.20 Å². The molecule has 1 saturated heterocycles. The highest BCUT2D eigenvalue weighted by Gasteiger charge is 2.46. The summed E-state index contributed by atoms with van der Waals surface area (Å²) in [6.07, 6.45) is 5.31. The number of nitrogens with zero attached hydrogens (tertiary/aromatic N) is 5. The summed E-state index contributed by atoms with van der Waals surface area (Å²) in [6.45, 7) is 3.43. The van der Waals surface area contributed by atoms with Crippen molar-refractivity contribution in [3.8, 4) is 0 Å². The molecule has 0 bridgehead atoms. The average molecular weight is 366 g/mol. The lowest BCUT2D eigenvalue weighted by Crippen LogP contribution is -2.49. The molecule has 1 N–H and O–H groups in total. The van der Waals surface area contributed by atoms with Crippen molar-refractivity contribution in [3.63, 3.8) is 0 Å². The zero-order valence-electron chi connectivity index (χ0n) is 15.9. The molecule has 1 fully saturated rings. The van der Waals surface area contributed by atoms with Gasteiger partial charge in [-0.1, -0.05) is 24.3 Å². The molecule has 27 heavy (non-hydrogen) atoms. The molecule has 142 valence electrons. The van der Waals surface area contributed by atoms with Crippen LogP contribution in [-0.2, 0) is 17.9 Å². The van der Waals surface area contributed by atoms with E-state index in [9.17, 15) is 4.79 Å². The minimum Gasteiger partial charge on any atom is -0.349 e. The molecule has 3 heterocycles. The van der Waals surface area contributed by atoms with Crippen LogP contribution < -0.4 is 5.32 Å². The summed E-state index contributed by atoms with van der Waals surface area (Å²) in [5.74, 6) is 0.729. The van der Waals surface area contributed by atoms with E-state index in [1.807, 2.05) is 35.9 Å². The Bertz CT molecular complexity index is 834. The van der Waals surface area contributed by atoms with Crippen LogP contribution in [0.4, 0.5) is 0 Å². The van der Waals surface area contributed by atoms with E-state index in [-0.39, 0.29) is 5.91 Å². The van der Waals surface area contributed by atoms with Gasteiger partial charge in [0.05, 0.1) is 6.54 Å². The monoisotopic (exact) mass is 366 g/mol. The molecule has 1 amide bonds. The number of amides is 1. The van der Waals surface area contributed by atoms with Gasteiger partial charge in [-0.3, -0.25) is 19.7 Å². The van der Waals surface area contributed by atoms with Crippen LogP contribution in [0.3, 0.4) is 0 Å². The maximum atomic E-state index is 12.4. The fourth-order valence-corrected chi connectivity index (χ4v) is 3.80. The van der Waals surface area contributed by atoms with Crippen LogP contribution in [0.15, 0.2) is 47.7 Å². The van der Waals surface area contributed by atoms with Gasteiger partial charge in [0.25, 0.3) is 5.91 Å². The molecule has 0 radical (unpaired) electrons. The lowest BCUT2D eigenvalue weighted by Gasteiger charge is -2.35. The summed E-state index contributed by atoms with van der Waals surface area (Å²) >= 11 is 0. The smallest absolute Gasteiger partial charge is 0.254 e. The van der Waals surface area contributed by atoms with E-state index >= 15 is 0 Å². The quantitative estimate of drug-likeness (QED) is 0.886. The fourth-order valence-electron chi connectivity index (χ4n) is 3.80. The highest BCUT2D eigenvalue weighted by atomic mass is 16.2. The predicted molar refractivity (Wildman–Crippen MR) is 104 cm³/mol. The standard InChI is InChI=1S/C20H26N6O/c1-24(2)19-22-18(27)20(23-19)7-11-25(12-8-20)14-16-5-3-6-17(13-16)15-26-10-4-9-21-26/h3-6,9-10,13H,7-8,11-12,14-15H2,1-2H3,(H,22,23,27).